The summed E-state index contributed by atoms with van der Waals surface area (Å²) in [6.07, 6.45) is 6.87. The molecule has 3 heterocycles. The van der Waals surface area contributed by atoms with Gasteiger partial charge in [0.15, 0.2) is 5.16 Å². The van der Waals surface area contributed by atoms with E-state index in [0.29, 0.717) is 49.5 Å². The van der Waals surface area contributed by atoms with Gasteiger partial charge in [0, 0.05) is 70.0 Å². The summed E-state index contributed by atoms with van der Waals surface area (Å²) in [6.45, 7) is 9.39. The summed E-state index contributed by atoms with van der Waals surface area (Å²) in [5, 5.41) is 0.881. The number of hydrogen-bond acceptors (Lipinski definition) is 7. The van der Waals surface area contributed by atoms with Crippen molar-refractivity contribution in [3.63, 3.8) is 0 Å². The molecule has 1 atom stereocenters. The molecule has 2 aliphatic heterocycles. The minimum absolute atomic E-state index is 0.0953. The highest BCUT2D eigenvalue weighted by molar-refractivity contribution is 7.99. The maximum absolute atomic E-state index is 13.0. The zero-order valence-electron chi connectivity index (χ0n) is 23.7. The molecule has 0 spiro atoms. The first-order chi connectivity index (χ1) is 19.4. The standard InChI is InChI=1S/C30H41ClN6O2S/c1-22-7-3-6-10-25(22)34-13-15-35(16-14-34)29(39)21-40-30-32-26(31)19-27(33-30)36-17-18-37(23(2)20-36)28(38)12-11-24-8-4-5-9-24/h3,6-7,10,19,23-24H,4-5,8-9,11-18,20-21H2,1-2H3/t23-/m1/s1. The van der Waals surface area contributed by atoms with Crippen molar-refractivity contribution in [1.29, 1.82) is 0 Å². The Balaban J connectivity index is 1.10. The minimum atomic E-state index is 0.0953. The number of thioether (sulfide) groups is 1. The van der Waals surface area contributed by atoms with Crippen LogP contribution in [0.3, 0.4) is 0 Å². The fraction of sp³-hybridized carbons (Fsp3) is 0.600. The Bertz CT molecular complexity index is 1180. The maximum Gasteiger partial charge on any atom is 0.233 e. The predicted octanol–water partition coefficient (Wildman–Crippen LogP) is 4.89. The number of carbonyl (C=O) groups excluding carboxylic acids is 2. The van der Waals surface area contributed by atoms with E-state index < -0.39 is 0 Å². The van der Waals surface area contributed by atoms with E-state index in [0.717, 1.165) is 31.2 Å². The molecular formula is C30H41ClN6O2S. The van der Waals surface area contributed by atoms with Crippen LogP contribution in [0.5, 0.6) is 0 Å². The molecule has 2 aromatic rings. The third-order valence-corrected chi connectivity index (χ3v) is 9.61. The first-order valence-corrected chi connectivity index (χ1v) is 16.0. The van der Waals surface area contributed by atoms with Crippen molar-refractivity contribution in [2.75, 3.05) is 61.4 Å². The van der Waals surface area contributed by atoms with Gasteiger partial charge < -0.3 is 19.6 Å². The van der Waals surface area contributed by atoms with Crippen molar-refractivity contribution >= 4 is 46.7 Å². The van der Waals surface area contributed by atoms with Crippen molar-refractivity contribution in [2.45, 2.75) is 63.6 Å². The lowest BCUT2D eigenvalue weighted by atomic mass is 10.0. The van der Waals surface area contributed by atoms with E-state index in [9.17, 15) is 9.59 Å². The summed E-state index contributed by atoms with van der Waals surface area (Å²) in [6, 6.07) is 10.3. The third kappa shape index (κ3) is 7.21. The van der Waals surface area contributed by atoms with Crippen LogP contribution < -0.4 is 9.80 Å². The Kier molecular flexibility index (Phi) is 9.73. The highest BCUT2D eigenvalue weighted by atomic mass is 35.5. The molecule has 8 nitrogen and oxygen atoms in total. The van der Waals surface area contributed by atoms with Gasteiger partial charge in [-0.15, -0.1) is 0 Å². The smallest absolute Gasteiger partial charge is 0.233 e. The van der Waals surface area contributed by atoms with Crippen LogP contribution >= 0.6 is 23.4 Å². The molecule has 2 saturated heterocycles. The van der Waals surface area contributed by atoms with Gasteiger partial charge >= 0.3 is 0 Å². The molecule has 0 bridgehead atoms. The van der Waals surface area contributed by atoms with E-state index in [1.807, 2.05) is 9.80 Å². The number of para-hydroxylation sites is 1. The number of rotatable bonds is 8. The average Bonchev–Trinajstić information content (AvgIpc) is 3.48. The number of aryl methyl sites for hydroxylation is 1. The van der Waals surface area contributed by atoms with E-state index in [4.69, 9.17) is 16.6 Å². The largest absolute Gasteiger partial charge is 0.368 e. The lowest BCUT2D eigenvalue weighted by Gasteiger charge is -2.40. The SMILES string of the molecule is Cc1ccccc1N1CCN(C(=O)CSc2nc(Cl)cc(N3CCN(C(=O)CCC4CCCC4)[C@H](C)C3)n2)CC1. The number of piperazine rings is 2. The zero-order chi connectivity index (χ0) is 28.1. The highest BCUT2D eigenvalue weighted by Gasteiger charge is 2.29. The highest BCUT2D eigenvalue weighted by Crippen LogP contribution is 2.30. The Morgan fingerprint density at radius 2 is 1.70 bits per heavy atom. The number of halogens is 1. The lowest BCUT2D eigenvalue weighted by Crippen LogP contribution is -2.54. The fourth-order valence-electron chi connectivity index (χ4n) is 6.25. The van der Waals surface area contributed by atoms with Gasteiger partial charge in [-0.3, -0.25) is 9.59 Å². The third-order valence-electron chi connectivity index (χ3n) is 8.59. The maximum atomic E-state index is 13.0. The van der Waals surface area contributed by atoms with E-state index in [1.165, 1.54) is 48.7 Å². The molecule has 3 aliphatic rings. The van der Waals surface area contributed by atoms with Gasteiger partial charge in [0.05, 0.1) is 5.75 Å². The predicted molar refractivity (Wildman–Crippen MR) is 162 cm³/mol. The molecule has 1 aromatic carbocycles. The second-order valence-electron chi connectivity index (χ2n) is 11.3. The first kappa shape index (κ1) is 29.0. The van der Waals surface area contributed by atoms with Gasteiger partial charge in [-0.2, -0.15) is 0 Å². The van der Waals surface area contributed by atoms with Crippen LogP contribution in [-0.2, 0) is 9.59 Å². The van der Waals surface area contributed by atoms with Gasteiger partial charge in [0.2, 0.25) is 11.8 Å². The lowest BCUT2D eigenvalue weighted by molar-refractivity contribution is -0.134. The summed E-state index contributed by atoms with van der Waals surface area (Å²) in [5.74, 6) is 2.14. The molecule has 1 saturated carbocycles. The Hall–Kier alpha value is -2.52. The van der Waals surface area contributed by atoms with Crippen molar-refractivity contribution in [3.05, 3.63) is 41.0 Å². The average molecular weight is 585 g/mol. The molecule has 0 N–H and O–H groups in total. The van der Waals surface area contributed by atoms with Gasteiger partial charge in [0.25, 0.3) is 0 Å². The van der Waals surface area contributed by atoms with Gasteiger partial charge in [-0.25, -0.2) is 9.97 Å². The van der Waals surface area contributed by atoms with Gasteiger partial charge in [0.1, 0.15) is 11.0 Å². The molecule has 2 amide bonds. The Morgan fingerprint density at radius 1 is 0.975 bits per heavy atom. The van der Waals surface area contributed by atoms with Crippen LogP contribution in [0.4, 0.5) is 11.5 Å². The van der Waals surface area contributed by atoms with Crippen LogP contribution in [0.1, 0.15) is 51.0 Å². The number of nitrogens with zero attached hydrogens (tertiary/aromatic N) is 6. The van der Waals surface area contributed by atoms with E-state index in [2.05, 4.69) is 52.9 Å². The summed E-state index contributed by atoms with van der Waals surface area (Å²) in [7, 11) is 0. The summed E-state index contributed by atoms with van der Waals surface area (Å²) in [4.78, 5) is 43.5. The molecule has 0 unspecified atom stereocenters. The zero-order valence-corrected chi connectivity index (χ0v) is 25.3. The number of aromatic nitrogens is 2. The number of amides is 2. The van der Waals surface area contributed by atoms with Crippen LogP contribution in [-0.4, -0.2) is 89.2 Å². The molecule has 1 aliphatic carbocycles. The topological polar surface area (TPSA) is 72.9 Å². The van der Waals surface area contributed by atoms with Gasteiger partial charge in [-0.05, 0) is 37.8 Å². The van der Waals surface area contributed by atoms with Crippen molar-refractivity contribution in [2.24, 2.45) is 5.92 Å². The molecule has 216 valence electrons. The van der Waals surface area contributed by atoms with E-state index >= 15 is 0 Å². The quantitative estimate of drug-likeness (QED) is 0.249. The van der Waals surface area contributed by atoms with E-state index in [1.54, 1.807) is 6.07 Å². The molecule has 5 rings (SSSR count). The molecule has 0 radical (unpaired) electrons. The number of hydrogen-bond donors (Lipinski definition) is 0. The molecule has 3 fully saturated rings. The molecule has 10 heteroatoms. The first-order valence-electron chi connectivity index (χ1n) is 14.7. The van der Waals surface area contributed by atoms with Crippen molar-refractivity contribution < 1.29 is 9.59 Å². The molecular weight excluding hydrogens is 544 g/mol. The van der Waals surface area contributed by atoms with Crippen LogP contribution in [0.15, 0.2) is 35.5 Å². The van der Waals surface area contributed by atoms with E-state index in [-0.39, 0.29) is 23.6 Å². The normalized spacial score (nSPS) is 20.3. The monoisotopic (exact) mass is 584 g/mol. The van der Waals surface area contributed by atoms with Gasteiger partial charge in [-0.1, -0.05) is 67.2 Å². The molecule has 1 aromatic heterocycles. The number of anilines is 2. The van der Waals surface area contributed by atoms with Crippen molar-refractivity contribution in [3.8, 4) is 0 Å². The summed E-state index contributed by atoms with van der Waals surface area (Å²) in [5.41, 5.74) is 2.50. The summed E-state index contributed by atoms with van der Waals surface area (Å²) >= 11 is 7.72. The van der Waals surface area contributed by atoms with Crippen LogP contribution in [0, 0.1) is 12.8 Å². The van der Waals surface area contributed by atoms with Crippen molar-refractivity contribution in [1.82, 2.24) is 19.8 Å². The Morgan fingerprint density at radius 3 is 2.42 bits per heavy atom. The second kappa shape index (κ2) is 13.4. The molecule has 40 heavy (non-hydrogen) atoms. The minimum Gasteiger partial charge on any atom is -0.368 e. The van der Waals surface area contributed by atoms with Crippen LogP contribution in [0.25, 0.3) is 0 Å². The number of benzene rings is 1. The fourth-order valence-corrected chi connectivity index (χ4v) is 7.23. The Labute approximate surface area is 247 Å². The number of carbonyl (C=O) groups is 2. The second-order valence-corrected chi connectivity index (χ2v) is 12.7. The van der Waals surface area contributed by atoms with Crippen LogP contribution in [0.2, 0.25) is 5.15 Å². The summed E-state index contributed by atoms with van der Waals surface area (Å²) < 4.78 is 0.